The second-order valence-electron chi connectivity index (χ2n) is 7.10. The quantitative estimate of drug-likeness (QED) is 0.456. The molecule has 7 nitrogen and oxygen atoms in total. The molecule has 1 N–H and O–H groups in total. The van der Waals surface area contributed by atoms with Crippen molar-refractivity contribution in [2.75, 3.05) is 37.6 Å². The van der Waals surface area contributed by atoms with Crippen molar-refractivity contribution < 1.29 is 0 Å². The minimum Gasteiger partial charge on any atom is -0.368 e. The number of hydrogen-bond acceptors (Lipinski definition) is 4. The van der Waals surface area contributed by atoms with Gasteiger partial charge in [-0.3, -0.25) is 0 Å². The highest BCUT2D eigenvalue weighted by molar-refractivity contribution is 6.30. The first-order valence-electron chi connectivity index (χ1n) is 9.97. The van der Waals surface area contributed by atoms with E-state index in [0.29, 0.717) is 6.54 Å². The summed E-state index contributed by atoms with van der Waals surface area (Å²) < 4.78 is 1.99. The van der Waals surface area contributed by atoms with E-state index >= 15 is 0 Å². The first-order chi connectivity index (χ1) is 13.6. The number of halogens is 1. The third-order valence-electron chi connectivity index (χ3n) is 5.12. The summed E-state index contributed by atoms with van der Waals surface area (Å²) >= 11 is 6.15. The standard InChI is InChI=1S/C20H30ClN7/c1-4-5-9-22-20(23-15-19-25-24-16(2)26(19)3)28-12-10-27(11-13-28)18-8-6-7-17(21)14-18/h6-8,14H,4-5,9-13,15H2,1-3H3,(H,22,23). The van der Waals surface area contributed by atoms with Crippen molar-refractivity contribution in [3.63, 3.8) is 0 Å². The van der Waals surface area contributed by atoms with Crippen LogP contribution in [-0.4, -0.2) is 58.3 Å². The van der Waals surface area contributed by atoms with Gasteiger partial charge in [0.1, 0.15) is 12.4 Å². The Hall–Kier alpha value is -2.28. The third kappa shape index (κ3) is 5.16. The van der Waals surface area contributed by atoms with Crippen LogP contribution >= 0.6 is 11.6 Å². The van der Waals surface area contributed by atoms with Crippen LogP contribution in [0.4, 0.5) is 5.69 Å². The Morgan fingerprint density at radius 1 is 1.21 bits per heavy atom. The third-order valence-corrected chi connectivity index (χ3v) is 5.35. The van der Waals surface area contributed by atoms with Crippen LogP contribution in [0.25, 0.3) is 0 Å². The fraction of sp³-hybridized carbons (Fsp3) is 0.550. The van der Waals surface area contributed by atoms with Gasteiger partial charge in [0.2, 0.25) is 0 Å². The van der Waals surface area contributed by atoms with Crippen molar-refractivity contribution >= 4 is 23.2 Å². The number of guanidine groups is 1. The number of aryl methyl sites for hydroxylation is 1. The zero-order valence-corrected chi connectivity index (χ0v) is 17.8. The van der Waals surface area contributed by atoms with Gasteiger partial charge in [-0.2, -0.15) is 0 Å². The number of unbranched alkanes of at least 4 members (excludes halogenated alkanes) is 1. The number of nitrogens with one attached hydrogen (secondary N) is 1. The molecule has 152 valence electrons. The van der Waals surface area contributed by atoms with Crippen molar-refractivity contribution in [1.29, 1.82) is 0 Å². The van der Waals surface area contributed by atoms with E-state index in [-0.39, 0.29) is 0 Å². The van der Waals surface area contributed by atoms with Crippen molar-refractivity contribution in [2.45, 2.75) is 33.2 Å². The topological polar surface area (TPSA) is 61.6 Å². The van der Waals surface area contributed by atoms with Crippen molar-refractivity contribution in [1.82, 2.24) is 25.0 Å². The molecule has 0 bridgehead atoms. The molecule has 1 aliphatic heterocycles. The molecule has 0 atom stereocenters. The lowest BCUT2D eigenvalue weighted by atomic mass is 10.2. The lowest BCUT2D eigenvalue weighted by molar-refractivity contribution is 0.371. The first kappa shape index (κ1) is 20.5. The van der Waals surface area contributed by atoms with Gasteiger partial charge < -0.3 is 19.7 Å². The van der Waals surface area contributed by atoms with Gasteiger partial charge >= 0.3 is 0 Å². The predicted molar refractivity (Wildman–Crippen MR) is 115 cm³/mol. The van der Waals surface area contributed by atoms with Gasteiger partial charge in [0.05, 0.1) is 0 Å². The number of aliphatic imine (C=N–C) groups is 1. The van der Waals surface area contributed by atoms with Gasteiger partial charge in [-0.1, -0.05) is 31.0 Å². The van der Waals surface area contributed by atoms with Crippen LogP contribution in [0.15, 0.2) is 29.3 Å². The van der Waals surface area contributed by atoms with E-state index < -0.39 is 0 Å². The van der Waals surface area contributed by atoms with Gasteiger partial charge in [0.15, 0.2) is 11.8 Å². The summed E-state index contributed by atoms with van der Waals surface area (Å²) in [5.41, 5.74) is 1.18. The van der Waals surface area contributed by atoms with Crippen LogP contribution < -0.4 is 10.2 Å². The first-order valence-corrected chi connectivity index (χ1v) is 10.3. The van der Waals surface area contributed by atoms with Crippen LogP contribution in [0, 0.1) is 6.92 Å². The molecule has 2 aromatic rings. The van der Waals surface area contributed by atoms with E-state index in [9.17, 15) is 0 Å². The number of anilines is 1. The fourth-order valence-corrected chi connectivity index (χ4v) is 3.41. The van der Waals surface area contributed by atoms with Gasteiger partial charge in [-0.05, 0) is 31.5 Å². The molecule has 0 unspecified atom stereocenters. The Morgan fingerprint density at radius 3 is 2.64 bits per heavy atom. The zero-order chi connectivity index (χ0) is 19.9. The minimum absolute atomic E-state index is 0.528. The number of benzene rings is 1. The molecule has 0 aliphatic carbocycles. The summed E-state index contributed by atoms with van der Waals surface area (Å²) in [5.74, 6) is 2.74. The van der Waals surface area contributed by atoms with E-state index in [0.717, 1.165) is 68.2 Å². The Morgan fingerprint density at radius 2 is 2.00 bits per heavy atom. The molecule has 3 rings (SSSR count). The van der Waals surface area contributed by atoms with Crippen molar-refractivity contribution in [2.24, 2.45) is 12.0 Å². The summed E-state index contributed by atoms with van der Waals surface area (Å²) in [6.07, 6.45) is 2.29. The molecule has 1 aliphatic rings. The molecule has 0 spiro atoms. The van der Waals surface area contributed by atoms with Crippen LogP contribution in [0.3, 0.4) is 0 Å². The predicted octanol–water partition coefficient (Wildman–Crippen LogP) is 2.84. The van der Waals surface area contributed by atoms with Crippen LogP contribution in [0.1, 0.15) is 31.4 Å². The summed E-state index contributed by atoms with van der Waals surface area (Å²) in [4.78, 5) is 9.55. The van der Waals surface area contributed by atoms with Crippen LogP contribution in [0.2, 0.25) is 5.02 Å². The average molecular weight is 404 g/mol. The molecule has 8 heteroatoms. The number of rotatable bonds is 6. The summed E-state index contributed by atoms with van der Waals surface area (Å²) in [6.45, 7) is 9.34. The Kier molecular flexibility index (Phi) is 7.14. The molecule has 1 aromatic heterocycles. The summed E-state index contributed by atoms with van der Waals surface area (Å²) in [6, 6.07) is 8.07. The summed E-state index contributed by atoms with van der Waals surface area (Å²) in [5, 5.41) is 12.7. The average Bonchev–Trinajstić information content (AvgIpc) is 3.03. The van der Waals surface area contributed by atoms with E-state index in [2.05, 4.69) is 38.3 Å². The highest BCUT2D eigenvalue weighted by Crippen LogP contribution is 2.20. The van der Waals surface area contributed by atoms with Crippen LogP contribution in [0.5, 0.6) is 0 Å². The fourth-order valence-electron chi connectivity index (χ4n) is 3.23. The number of hydrogen-bond donors (Lipinski definition) is 1. The Labute approximate surface area is 172 Å². The molecule has 1 aromatic carbocycles. The van der Waals surface area contributed by atoms with E-state index in [1.54, 1.807) is 0 Å². The Bertz CT molecular complexity index is 794. The van der Waals surface area contributed by atoms with E-state index in [1.807, 2.05) is 36.7 Å². The maximum absolute atomic E-state index is 6.15. The van der Waals surface area contributed by atoms with Crippen molar-refractivity contribution in [3.05, 3.63) is 40.9 Å². The number of aromatic nitrogens is 3. The van der Waals surface area contributed by atoms with Gasteiger partial charge in [-0.15, -0.1) is 10.2 Å². The number of piperazine rings is 1. The highest BCUT2D eigenvalue weighted by atomic mass is 35.5. The minimum atomic E-state index is 0.528. The molecule has 1 saturated heterocycles. The van der Waals surface area contributed by atoms with Gasteiger partial charge in [0.25, 0.3) is 0 Å². The number of nitrogens with zero attached hydrogens (tertiary/aromatic N) is 6. The SMILES string of the molecule is CCCCNC(=NCc1nnc(C)n1C)N1CCN(c2cccc(Cl)c2)CC1. The second kappa shape index (κ2) is 9.78. The maximum atomic E-state index is 6.15. The normalized spacial score (nSPS) is 15.2. The molecule has 28 heavy (non-hydrogen) atoms. The van der Waals surface area contributed by atoms with Gasteiger partial charge in [0, 0.05) is 50.5 Å². The van der Waals surface area contributed by atoms with E-state index in [4.69, 9.17) is 16.6 Å². The molecule has 0 amide bonds. The molecule has 0 radical (unpaired) electrons. The second-order valence-corrected chi connectivity index (χ2v) is 7.53. The molecular formula is C20H30ClN7. The monoisotopic (exact) mass is 403 g/mol. The summed E-state index contributed by atoms with van der Waals surface area (Å²) in [7, 11) is 1.98. The van der Waals surface area contributed by atoms with E-state index in [1.165, 1.54) is 5.69 Å². The lowest BCUT2D eigenvalue weighted by Gasteiger charge is -2.37. The zero-order valence-electron chi connectivity index (χ0n) is 17.0. The Balaban J connectivity index is 1.65. The molecule has 1 fully saturated rings. The van der Waals surface area contributed by atoms with Gasteiger partial charge in [-0.25, -0.2) is 4.99 Å². The largest absolute Gasteiger partial charge is 0.368 e. The van der Waals surface area contributed by atoms with Crippen LogP contribution in [-0.2, 0) is 13.6 Å². The lowest BCUT2D eigenvalue weighted by Crippen LogP contribution is -2.52. The molecule has 2 heterocycles. The highest BCUT2D eigenvalue weighted by Gasteiger charge is 2.20. The maximum Gasteiger partial charge on any atom is 0.194 e. The molecule has 0 saturated carbocycles. The molecular weight excluding hydrogens is 374 g/mol. The smallest absolute Gasteiger partial charge is 0.194 e. The van der Waals surface area contributed by atoms with Crippen molar-refractivity contribution in [3.8, 4) is 0 Å².